The standard InChI is InChI=1S/C19H20N2O2/c22-19(16-11-14-5-1-2-8-18(14)23-13-16)21-10-4-7-17(21)15-6-3-9-20-12-15/h1-3,5-6,8-9,12,16-17H,4,7,10-11,13H2. The number of hydrogen-bond acceptors (Lipinski definition) is 3. The minimum atomic E-state index is -0.0813. The molecule has 2 unspecified atom stereocenters. The highest BCUT2D eigenvalue weighted by Gasteiger charge is 2.36. The Labute approximate surface area is 136 Å². The number of amides is 1. The van der Waals surface area contributed by atoms with Crippen LogP contribution in [0.25, 0.3) is 0 Å². The first kappa shape index (κ1) is 14.2. The number of carbonyl (C=O) groups is 1. The zero-order valence-electron chi connectivity index (χ0n) is 13.0. The molecule has 1 amide bonds. The van der Waals surface area contributed by atoms with Crippen molar-refractivity contribution >= 4 is 5.91 Å². The molecule has 1 aromatic heterocycles. The summed E-state index contributed by atoms with van der Waals surface area (Å²) in [6.45, 7) is 1.31. The maximum atomic E-state index is 13.0. The van der Waals surface area contributed by atoms with Crippen molar-refractivity contribution in [3.05, 3.63) is 59.9 Å². The molecule has 0 aliphatic carbocycles. The van der Waals surface area contributed by atoms with Crippen molar-refractivity contribution in [2.75, 3.05) is 13.2 Å². The van der Waals surface area contributed by atoms with Crippen molar-refractivity contribution in [1.29, 1.82) is 0 Å². The van der Waals surface area contributed by atoms with E-state index in [-0.39, 0.29) is 17.9 Å². The average molecular weight is 308 g/mol. The molecule has 0 radical (unpaired) electrons. The lowest BCUT2D eigenvalue weighted by atomic mass is 9.95. The third-order valence-corrected chi connectivity index (χ3v) is 4.83. The minimum absolute atomic E-state index is 0.0813. The summed E-state index contributed by atoms with van der Waals surface area (Å²) in [6.07, 6.45) is 6.49. The van der Waals surface area contributed by atoms with Gasteiger partial charge in [-0.15, -0.1) is 0 Å². The molecular weight excluding hydrogens is 288 g/mol. The van der Waals surface area contributed by atoms with Gasteiger partial charge in [0.1, 0.15) is 12.4 Å². The molecule has 4 rings (SSSR count). The molecule has 0 spiro atoms. The van der Waals surface area contributed by atoms with Crippen LogP contribution in [0.2, 0.25) is 0 Å². The highest BCUT2D eigenvalue weighted by molar-refractivity contribution is 5.80. The van der Waals surface area contributed by atoms with Gasteiger partial charge in [-0.05, 0) is 42.5 Å². The fourth-order valence-electron chi connectivity index (χ4n) is 3.67. The van der Waals surface area contributed by atoms with Gasteiger partial charge in [0.05, 0.1) is 12.0 Å². The first-order chi connectivity index (χ1) is 11.3. The van der Waals surface area contributed by atoms with Crippen LogP contribution in [0, 0.1) is 5.92 Å². The van der Waals surface area contributed by atoms with Crippen LogP contribution >= 0.6 is 0 Å². The molecule has 0 saturated carbocycles. The maximum Gasteiger partial charge on any atom is 0.229 e. The van der Waals surface area contributed by atoms with Gasteiger partial charge < -0.3 is 9.64 Å². The van der Waals surface area contributed by atoms with Crippen LogP contribution < -0.4 is 4.74 Å². The molecule has 1 saturated heterocycles. The molecule has 118 valence electrons. The molecule has 2 aliphatic rings. The summed E-state index contributed by atoms with van der Waals surface area (Å²) in [5.41, 5.74) is 2.27. The monoisotopic (exact) mass is 308 g/mol. The molecule has 2 atom stereocenters. The SMILES string of the molecule is O=C(C1COc2ccccc2C1)N1CCCC1c1cccnc1. The van der Waals surface area contributed by atoms with Gasteiger partial charge in [-0.1, -0.05) is 24.3 Å². The smallest absolute Gasteiger partial charge is 0.229 e. The minimum Gasteiger partial charge on any atom is -0.492 e. The maximum absolute atomic E-state index is 13.0. The van der Waals surface area contributed by atoms with E-state index in [1.165, 1.54) is 0 Å². The molecule has 1 fully saturated rings. The second-order valence-corrected chi connectivity index (χ2v) is 6.30. The second-order valence-electron chi connectivity index (χ2n) is 6.30. The first-order valence-electron chi connectivity index (χ1n) is 8.24. The van der Waals surface area contributed by atoms with E-state index >= 15 is 0 Å². The van der Waals surface area contributed by atoms with Crippen molar-refractivity contribution in [2.24, 2.45) is 5.92 Å². The Morgan fingerprint density at radius 1 is 1.22 bits per heavy atom. The molecule has 4 nitrogen and oxygen atoms in total. The molecule has 1 aromatic carbocycles. The fourth-order valence-corrected chi connectivity index (χ4v) is 3.67. The van der Waals surface area contributed by atoms with Gasteiger partial charge >= 0.3 is 0 Å². The van der Waals surface area contributed by atoms with Crippen LogP contribution in [0.5, 0.6) is 5.75 Å². The first-order valence-corrected chi connectivity index (χ1v) is 8.24. The zero-order chi connectivity index (χ0) is 15.6. The molecule has 23 heavy (non-hydrogen) atoms. The van der Waals surface area contributed by atoms with E-state index in [9.17, 15) is 4.79 Å². The van der Waals surface area contributed by atoms with E-state index in [1.54, 1.807) is 6.20 Å². The Bertz CT molecular complexity index is 702. The summed E-state index contributed by atoms with van der Waals surface area (Å²) in [7, 11) is 0. The van der Waals surface area contributed by atoms with Gasteiger partial charge in [0, 0.05) is 18.9 Å². The van der Waals surface area contributed by atoms with Crippen LogP contribution in [-0.4, -0.2) is 28.9 Å². The number of para-hydroxylation sites is 1. The van der Waals surface area contributed by atoms with Crippen molar-refractivity contribution in [1.82, 2.24) is 9.88 Å². The summed E-state index contributed by atoms with van der Waals surface area (Å²) in [6, 6.07) is 12.2. The lowest BCUT2D eigenvalue weighted by molar-refractivity contribution is -0.137. The summed E-state index contributed by atoms with van der Waals surface area (Å²) >= 11 is 0. The molecule has 0 N–H and O–H groups in total. The molecular formula is C19H20N2O2. The predicted molar refractivity (Wildman–Crippen MR) is 87.1 cm³/mol. The van der Waals surface area contributed by atoms with Gasteiger partial charge in [0.25, 0.3) is 0 Å². The van der Waals surface area contributed by atoms with Crippen molar-refractivity contribution in [3.63, 3.8) is 0 Å². The Morgan fingerprint density at radius 3 is 3.00 bits per heavy atom. The Hall–Kier alpha value is -2.36. The number of pyridine rings is 1. The highest BCUT2D eigenvalue weighted by Crippen LogP contribution is 2.35. The Morgan fingerprint density at radius 2 is 2.13 bits per heavy atom. The average Bonchev–Trinajstić information content (AvgIpc) is 3.11. The number of fused-ring (bicyclic) bond motifs is 1. The molecule has 4 heteroatoms. The molecule has 2 aromatic rings. The van der Waals surface area contributed by atoms with E-state index in [2.05, 4.69) is 17.1 Å². The number of nitrogens with zero attached hydrogens (tertiary/aromatic N) is 2. The summed E-state index contributed by atoms with van der Waals surface area (Å²) < 4.78 is 5.80. The van der Waals surface area contributed by atoms with Crippen molar-refractivity contribution < 1.29 is 9.53 Å². The zero-order valence-corrected chi connectivity index (χ0v) is 13.0. The lowest BCUT2D eigenvalue weighted by Gasteiger charge is -2.31. The Balaban J connectivity index is 1.53. The number of hydrogen-bond donors (Lipinski definition) is 0. The van der Waals surface area contributed by atoms with Crippen LogP contribution in [0.3, 0.4) is 0 Å². The number of ether oxygens (including phenoxy) is 1. The Kier molecular flexibility index (Phi) is 3.74. The van der Waals surface area contributed by atoms with Gasteiger partial charge in [-0.2, -0.15) is 0 Å². The predicted octanol–water partition coefficient (Wildman–Crippen LogP) is 3.00. The van der Waals surface area contributed by atoms with Gasteiger partial charge in [0.15, 0.2) is 0 Å². The molecule has 0 bridgehead atoms. The van der Waals surface area contributed by atoms with Crippen LogP contribution in [0.4, 0.5) is 0 Å². The topological polar surface area (TPSA) is 42.4 Å². The number of aromatic nitrogens is 1. The normalized spacial score (nSPS) is 23.2. The second kappa shape index (κ2) is 6.03. The summed E-state index contributed by atoms with van der Waals surface area (Å²) in [5.74, 6) is 1.05. The van der Waals surface area contributed by atoms with E-state index in [1.807, 2.05) is 35.4 Å². The summed E-state index contributed by atoms with van der Waals surface area (Å²) in [5, 5.41) is 0. The van der Waals surface area contributed by atoms with E-state index < -0.39 is 0 Å². The third-order valence-electron chi connectivity index (χ3n) is 4.83. The number of likely N-dealkylation sites (tertiary alicyclic amines) is 1. The third kappa shape index (κ3) is 2.69. The van der Waals surface area contributed by atoms with Crippen molar-refractivity contribution in [2.45, 2.75) is 25.3 Å². The molecule has 3 heterocycles. The quantitative estimate of drug-likeness (QED) is 0.856. The van der Waals surface area contributed by atoms with Gasteiger partial charge in [-0.25, -0.2) is 0 Å². The van der Waals surface area contributed by atoms with Crippen LogP contribution in [0.1, 0.15) is 30.0 Å². The molecule has 2 aliphatic heterocycles. The number of benzene rings is 1. The largest absolute Gasteiger partial charge is 0.492 e. The van der Waals surface area contributed by atoms with E-state index in [0.29, 0.717) is 6.61 Å². The lowest BCUT2D eigenvalue weighted by Crippen LogP contribution is -2.40. The summed E-state index contributed by atoms with van der Waals surface area (Å²) in [4.78, 5) is 19.2. The van der Waals surface area contributed by atoms with Gasteiger partial charge in [0.2, 0.25) is 5.91 Å². The van der Waals surface area contributed by atoms with Gasteiger partial charge in [-0.3, -0.25) is 9.78 Å². The fraction of sp³-hybridized carbons (Fsp3) is 0.368. The highest BCUT2D eigenvalue weighted by atomic mass is 16.5. The number of rotatable bonds is 2. The van der Waals surface area contributed by atoms with E-state index in [0.717, 1.165) is 42.7 Å². The van der Waals surface area contributed by atoms with Crippen molar-refractivity contribution in [3.8, 4) is 5.75 Å². The van der Waals surface area contributed by atoms with Crippen LogP contribution in [0.15, 0.2) is 48.8 Å². The van der Waals surface area contributed by atoms with Crippen LogP contribution in [-0.2, 0) is 11.2 Å². The number of carbonyl (C=O) groups excluding carboxylic acids is 1. The van der Waals surface area contributed by atoms with E-state index in [4.69, 9.17) is 4.74 Å².